The number of hydrogen-bond donors (Lipinski definition) is 1. The summed E-state index contributed by atoms with van der Waals surface area (Å²) in [6, 6.07) is 10.4. The zero-order valence-corrected chi connectivity index (χ0v) is 11.4. The van der Waals surface area contributed by atoms with Gasteiger partial charge in [-0.05, 0) is 32.3 Å². The summed E-state index contributed by atoms with van der Waals surface area (Å²) in [5.74, 6) is 0.153. The number of hydrogen-bond acceptors (Lipinski definition) is 1. The molecule has 1 aliphatic rings. The molecule has 1 saturated carbocycles. The first kappa shape index (κ1) is 13.1. The van der Waals surface area contributed by atoms with E-state index in [9.17, 15) is 4.79 Å². The first-order chi connectivity index (χ1) is 8.60. The lowest BCUT2D eigenvalue weighted by Crippen LogP contribution is -2.45. The van der Waals surface area contributed by atoms with Gasteiger partial charge in [-0.3, -0.25) is 4.79 Å². The monoisotopic (exact) mass is 245 g/mol. The lowest BCUT2D eigenvalue weighted by molar-refractivity contribution is -0.126. The van der Waals surface area contributed by atoms with Crippen molar-refractivity contribution >= 4 is 5.91 Å². The van der Waals surface area contributed by atoms with Gasteiger partial charge in [-0.25, -0.2) is 0 Å². The van der Waals surface area contributed by atoms with E-state index in [4.69, 9.17) is 0 Å². The van der Waals surface area contributed by atoms with Gasteiger partial charge in [0.15, 0.2) is 0 Å². The van der Waals surface area contributed by atoms with Crippen LogP contribution in [0.3, 0.4) is 0 Å². The van der Waals surface area contributed by atoms with Gasteiger partial charge >= 0.3 is 0 Å². The van der Waals surface area contributed by atoms with Crippen LogP contribution in [0.25, 0.3) is 0 Å². The Balaban J connectivity index is 2.03. The summed E-state index contributed by atoms with van der Waals surface area (Å²) >= 11 is 0. The van der Waals surface area contributed by atoms with Crippen molar-refractivity contribution in [3.05, 3.63) is 35.9 Å². The summed E-state index contributed by atoms with van der Waals surface area (Å²) in [5, 5.41) is 3.22. The molecule has 2 rings (SSSR count). The number of amides is 1. The minimum Gasteiger partial charge on any atom is -0.353 e. The third kappa shape index (κ3) is 2.92. The Morgan fingerprint density at radius 2 is 1.72 bits per heavy atom. The number of rotatable bonds is 3. The summed E-state index contributed by atoms with van der Waals surface area (Å²) in [6.07, 6.45) is 6.08. The summed E-state index contributed by atoms with van der Waals surface area (Å²) < 4.78 is 0. The first-order valence-corrected chi connectivity index (χ1v) is 6.97. The third-order valence-corrected chi connectivity index (χ3v) is 4.00. The van der Waals surface area contributed by atoms with E-state index in [0.29, 0.717) is 6.04 Å². The van der Waals surface area contributed by atoms with Gasteiger partial charge in [-0.15, -0.1) is 0 Å². The molecule has 0 bridgehead atoms. The predicted octanol–water partition coefficient (Wildman–Crippen LogP) is 3.41. The SMILES string of the molecule is CC(C)(C(=O)NC1CCCCC1)c1ccccc1. The van der Waals surface area contributed by atoms with Gasteiger partial charge in [-0.1, -0.05) is 49.6 Å². The molecular formula is C16H23NO. The second-order valence-electron chi connectivity index (χ2n) is 5.80. The Morgan fingerprint density at radius 1 is 1.11 bits per heavy atom. The van der Waals surface area contributed by atoms with Crippen molar-refractivity contribution in [2.24, 2.45) is 0 Å². The van der Waals surface area contributed by atoms with Gasteiger partial charge in [-0.2, -0.15) is 0 Å². The maximum atomic E-state index is 12.4. The predicted molar refractivity (Wildman–Crippen MR) is 74.5 cm³/mol. The normalized spacial score (nSPS) is 17.4. The van der Waals surface area contributed by atoms with Gasteiger partial charge in [0.25, 0.3) is 0 Å². The van der Waals surface area contributed by atoms with Crippen LogP contribution in [0.5, 0.6) is 0 Å². The molecule has 0 heterocycles. The summed E-state index contributed by atoms with van der Waals surface area (Å²) in [7, 11) is 0. The molecule has 2 heteroatoms. The lowest BCUT2D eigenvalue weighted by atomic mass is 9.83. The van der Waals surface area contributed by atoms with Crippen LogP contribution in [0.4, 0.5) is 0 Å². The van der Waals surface area contributed by atoms with Crippen molar-refractivity contribution in [3.8, 4) is 0 Å². The molecule has 1 amide bonds. The van der Waals surface area contributed by atoms with Crippen LogP contribution in [0.1, 0.15) is 51.5 Å². The highest BCUT2D eigenvalue weighted by atomic mass is 16.2. The highest BCUT2D eigenvalue weighted by molar-refractivity contribution is 5.87. The molecule has 2 nitrogen and oxygen atoms in total. The van der Waals surface area contributed by atoms with Crippen LogP contribution >= 0.6 is 0 Å². The fourth-order valence-electron chi connectivity index (χ4n) is 2.60. The minimum atomic E-state index is -0.446. The Morgan fingerprint density at radius 3 is 2.33 bits per heavy atom. The van der Waals surface area contributed by atoms with E-state index in [-0.39, 0.29) is 5.91 Å². The molecule has 0 aromatic heterocycles. The fourth-order valence-corrected chi connectivity index (χ4v) is 2.60. The number of carbonyl (C=O) groups excluding carboxylic acids is 1. The highest BCUT2D eigenvalue weighted by Crippen LogP contribution is 2.25. The molecule has 1 fully saturated rings. The fraction of sp³-hybridized carbons (Fsp3) is 0.562. The summed E-state index contributed by atoms with van der Waals surface area (Å²) in [4.78, 5) is 12.4. The smallest absolute Gasteiger partial charge is 0.230 e. The topological polar surface area (TPSA) is 29.1 Å². The molecule has 1 aromatic rings. The van der Waals surface area contributed by atoms with Gasteiger partial charge in [0, 0.05) is 6.04 Å². The molecule has 0 aliphatic heterocycles. The highest BCUT2D eigenvalue weighted by Gasteiger charge is 2.31. The van der Waals surface area contributed by atoms with Crippen LogP contribution in [0.15, 0.2) is 30.3 Å². The maximum absolute atomic E-state index is 12.4. The molecule has 0 unspecified atom stereocenters. The van der Waals surface area contributed by atoms with E-state index in [1.54, 1.807) is 0 Å². The largest absolute Gasteiger partial charge is 0.353 e. The first-order valence-electron chi connectivity index (χ1n) is 6.97. The average Bonchev–Trinajstić information content (AvgIpc) is 2.41. The molecule has 1 aromatic carbocycles. The van der Waals surface area contributed by atoms with Gasteiger partial charge in [0.2, 0.25) is 5.91 Å². The number of nitrogens with one attached hydrogen (secondary N) is 1. The van der Waals surface area contributed by atoms with Crippen LogP contribution < -0.4 is 5.32 Å². The van der Waals surface area contributed by atoms with Gasteiger partial charge < -0.3 is 5.32 Å². The second kappa shape index (κ2) is 5.55. The van der Waals surface area contributed by atoms with E-state index in [2.05, 4.69) is 5.32 Å². The van der Waals surface area contributed by atoms with E-state index in [0.717, 1.165) is 18.4 Å². The van der Waals surface area contributed by atoms with Crippen molar-refractivity contribution in [2.75, 3.05) is 0 Å². The minimum absolute atomic E-state index is 0.153. The van der Waals surface area contributed by atoms with Crippen molar-refractivity contribution in [1.82, 2.24) is 5.32 Å². The Kier molecular flexibility index (Phi) is 4.05. The Hall–Kier alpha value is -1.31. The second-order valence-corrected chi connectivity index (χ2v) is 5.80. The van der Waals surface area contributed by atoms with Gasteiger partial charge in [0.05, 0.1) is 5.41 Å². The quantitative estimate of drug-likeness (QED) is 0.868. The zero-order chi connectivity index (χ0) is 13.0. The van der Waals surface area contributed by atoms with E-state index < -0.39 is 5.41 Å². The van der Waals surface area contributed by atoms with Crippen molar-refractivity contribution < 1.29 is 4.79 Å². The van der Waals surface area contributed by atoms with Crippen molar-refractivity contribution in [2.45, 2.75) is 57.4 Å². The molecule has 1 N–H and O–H groups in total. The van der Waals surface area contributed by atoms with Crippen LogP contribution in [0, 0.1) is 0 Å². The maximum Gasteiger partial charge on any atom is 0.230 e. The molecular weight excluding hydrogens is 222 g/mol. The molecule has 18 heavy (non-hydrogen) atoms. The molecule has 0 atom stereocenters. The molecule has 0 radical (unpaired) electrons. The molecule has 1 aliphatic carbocycles. The van der Waals surface area contributed by atoms with E-state index in [1.807, 2.05) is 44.2 Å². The third-order valence-electron chi connectivity index (χ3n) is 4.00. The standard InChI is InChI=1S/C16H23NO/c1-16(2,13-9-5-3-6-10-13)15(18)17-14-11-7-4-8-12-14/h3,5-6,9-10,14H,4,7-8,11-12H2,1-2H3,(H,17,18). The van der Waals surface area contributed by atoms with E-state index >= 15 is 0 Å². The van der Waals surface area contributed by atoms with Crippen LogP contribution in [0.2, 0.25) is 0 Å². The molecule has 0 saturated heterocycles. The Labute approximate surface area is 110 Å². The van der Waals surface area contributed by atoms with Gasteiger partial charge in [0.1, 0.15) is 0 Å². The average molecular weight is 245 g/mol. The number of benzene rings is 1. The Bertz CT molecular complexity index is 391. The summed E-state index contributed by atoms with van der Waals surface area (Å²) in [6.45, 7) is 4.00. The van der Waals surface area contributed by atoms with Crippen LogP contribution in [-0.4, -0.2) is 11.9 Å². The lowest BCUT2D eigenvalue weighted by Gasteiger charge is -2.29. The van der Waals surface area contributed by atoms with E-state index in [1.165, 1.54) is 19.3 Å². The molecule has 98 valence electrons. The zero-order valence-electron chi connectivity index (χ0n) is 11.4. The van der Waals surface area contributed by atoms with Crippen LogP contribution in [-0.2, 0) is 10.2 Å². The van der Waals surface area contributed by atoms with Crippen molar-refractivity contribution in [1.29, 1.82) is 0 Å². The van der Waals surface area contributed by atoms with Crippen molar-refractivity contribution in [3.63, 3.8) is 0 Å². The molecule has 0 spiro atoms. The summed E-state index contributed by atoms with van der Waals surface area (Å²) in [5.41, 5.74) is 0.636. The number of carbonyl (C=O) groups is 1.